The lowest BCUT2D eigenvalue weighted by molar-refractivity contribution is 0.0642. The predicted octanol–water partition coefficient (Wildman–Crippen LogP) is 2.72. The van der Waals surface area contributed by atoms with Crippen molar-refractivity contribution >= 4 is 5.69 Å². The highest BCUT2D eigenvalue weighted by Crippen LogP contribution is 2.32. The molecule has 4 heteroatoms. The first-order valence-corrected chi connectivity index (χ1v) is 7.34. The van der Waals surface area contributed by atoms with Gasteiger partial charge >= 0.3 is 0 Å². The van der Waals surface area contributed by atoms with Gasteiger partial charge in [0.05, 0.1) is 18.8 Å². The minimum absolute atomic E-state index is 0.00481. The van der Waals surface area contributed by atoms with Crippen LogP contribution in [0.3, 0.4) is 0 Å². The van der Waals surface area contributed by atoms with E-state index in [0.29, 0.717) is 19.6 Å². The summed E-state index contributed by atoms with van der Waals surface area (Å²) in [5.74, 6) is -0.159. The standard InChI is InChI=1S/C16H25FN2O/c1-4-12(18)10-13-14(17)6-5-7-15(13)19-8-9-20-11-16(19,2)3/h5-7,12H,4,8-11,18H2,1-3H3. The molecule has 0 aromatic heterocycles. The first kappa shape index (κ1) is 15.3. The van der Waals surface area contributed by atoms with E-state index in [1.165, 1.54) is 6.07 Å². The third-order valence-electron chi connectivity index (χ3n) is 4.02. The van der Waals surface area contributed by atoms with Gasteiger partial charge in [-0.05, 0) is 38.8 Å². The summed E-state index contributed by atoms with van der Waals surface area (Å²) in [6.45, 7) is 8.40. The molecule has 1 aliphatic heterocycles. The maximum atomic E-state index is 14.2. The van der Waals surface area contributed by atoms with E-state index in [4.69, 9.17) is 10.5 Å². The topological polar surface area (TPSA) is 38.5 Å². The van der Waals surface area contributed by atoms with Crippen LogP contribution in [0.5, 0.6) is 0 Å². The van der Waals surface area contributed by atoms with Crippen molar-refractivity contribution in [1.82, 2.24) is 0 Å². The second-order valence-corrected chi connectivity index (χ2v) is 6.13. The smallest absolute Gasteiger partial charge is 0.128 e. The Morgan fingerprint density at radius 3 is 2.85 bits per heavy atom. The molecule has 0 amide bonds. The Morgan fingerprint density at radius 1 is 1.45 bits per heavy atom. The number of hydrogen-bond acceptors (Lipinski definition) is 3. The first-order chi connectivity index (χ1) is 9.45. The maximum Gasteiger partial charge on any atom is 0.128 e. The van der Waals surface area contributed by atoms with Crippen LogP contribution < -0.4 is 10.6 Å². The number of ether oxygens (including phenoxy) is 1. The van der Waals surface area contributed by atoms with Crippen molar-refractivity contribution in [2.75, 3.05) is 24.7 Å². The molecule has 1 aromatic carbocycles. The zero-order valence-electron chi connectivity index (χ0n) is 12.7. The minimum atomic E-state index is -0.159. The highest BCUT2D eigenvalue weighted by atomic mass is 19.1. The largest absolute Gasteiger partial charge is 0.377 e. The van der Waals surface area contributed by atoms with Crippen LogP contribution in [0.15, 0.2) is 18.2 Å². The quantitative estimate of drug-likeness (QED) is 0.921. The Morgan fingerprint density at radius 2 is 2.20 bits per heavy atom. The summed E-state index contributed by atoms with van der Waals surface area (Å²) in [5.41, 5.74) is 7.60. The molecule has 1 unspecified atom stereocenters. The molecule has 20 heavy (non-hydrogen) atoms. The van der Waals surface area contributed by atoms with Crippen LogP contribution in [0.2, 0.25) is 0 Å². The Kier molecular flexibility index (Phi) is 4.66. The van der Waals surface area contributed by atoms with Gasteiger partial charge in [-0.2, -0.15) is 0 Å². The number of halogens is 1. The van der Waals surface area contributed by atoms with Crippen molar-refractivity contribution in [2.45, 2.75) is 45.2 Å². The fourth-order valence-electron chi connectivity index (χ4n) is 2.71. The van der Waals surface area contributed by atoms with Crippen molar-refractivity contribution in [3.05, 3.63) is 29.6 Å². The molecule has 2 rings (SSSR count). The second kappa shape index (κ2) is 6.10. The zero-order valence-corrected chi connectivity index (χ0v) is 12.7. The monoisotopic (exact) mass is 280 g/mol. The Bertz CT molecular complexity index is 462. The number of hydrogen-bond donors (Lipinski definition) is 1. The second-order valence-electron chi connectivity index (χ2n) is 6.13. The zero-order chi connectivity index (χ0) is 14.8. The Hall–Kier alpha value is -1.13. The van der Waals surface area contributed by atoms with Crippen LogP contribution in [-0.4, -0.2) is 31.3 Å². The molecule has 1 saturated heterocycles. The lowest BCUT2D eigenvalue weighted by Crippen LogP contribution is -2.53. The highest BCUT2D eigenvalue weighted by molar-refractivity contribution is 5.56. The molecule has 2 N–H and O–H groups in total. The fraction of sp³-hybridized carbons (Fsp3) is 0.625. The number of morpholine rings is 1. The number of anilines is 1. The molecule has 0 spiro atoms. The lowest BCUT2D eigenvalue weighted by Gasteiger charge is -2.44. The fourth-order valence-corrected chi connectivity index (χ4v) is 2.71. The van der Waals surface area contributed by atoms with Crippen LogP contribution in [-0.2, 0) is 11.2 Å². The van der Waals surface area contributed by atoms with E-state index in [1.54, 1.807) is 6.07 Å². The normalized spacial score (nSPS) is 19.9. The first-order valence-electron chi connectivity index (χ1n) is 7.34. The van der Waals surface area contributed by atoms with Gasteiger partial charge in [-0.25, -0.2) is 4.39 Å². The summed E-state index contributed by atoms with van der Waals surface area (Å²) < 4.78 is 19.8. The lowest BCUT2D eigenvalue weighted by atomic mass is 9.96. The molecule has 0 radical (unpaired) electrons. The van der Waals surface area contributed by atoms with E-state index in [2.05, 4.69) is 18.7 Å². The van der Waals surface area contributed by atoms with E-state index in [-0.39, 0.29) is 17.4 Å². The molecule has 1 atom stereocenters. The average Bonchev–Trinajstić information content (AvgIpc) is 2.41. The van der Waals surface area contributed by atoms with Crippen molar-refractivity contribution < 1.29 is 9.13 Å². The summed E-state index contributed by atoms with van der Waals surface area (Å²) >= 11 is 0. The third-order valence-corrected chi connectivity index (χ3v) is 4.02. The molecule has 1 fully saturated rings. The average molecular weight is 280 g/mol. The molecule has 112 valence electrons. The van der Waals surface area contributed by atoms with Gasteiger partial charge in [0.2, 0.25) is 0 Å². The molecule has 3 nitrogen and oxygen atoms in total. The van der Waals surface area contributed by atoms with E-state index in [1.807, 2.05) is 13.0 Å². The molecule has 0 saturated carbocycles. The van der Waals surface area contributed by atoms with Gasteiger partial charge in [0.25, 0.3) is 0 Å². The summed E-state index contributed by atoms with van der Waals surface area (Å²) in [6.07, 6.45) is 1.42. The van der Waals surface area contributed by atoms with Gasteiger partial charge in [-0.1, -0.05) is 13.0 Å². The summed E-state index contributed by atoms with van der Waals surface area (Å²) in [7, 11) is 0. The van der Waals surface area contributed by atoms with Gasteiger partial charge in [-0.15, -0.1) is 0 Å². The van der Waals surface area contributed by atoms with Crippen LogP contribution in [0.1, 0.15) is 32.8 Å². The molecule has 0 aliphatic carbocycles. The van der Waals surface area contributed by atoms with Crippen molar-refractivity contribution in [2.24, 2.45) is 5.73 Å². The van der Waals surface area contributed by atoms with Crippen LogP contribution in [0.25, 0.3) is 0 Å². The Balaban J connectivity index is 2.37. The molecule has 1 aliphatic rings. The van der Waals surface area contributed by atoms with E-state index in [0.717, 1.165) is 24.2 Å². The number of nitrogens with zero attached hydrogens (tertiary/aromatic N) is 1. The summed E-state index contributed by atoms with van der Waals surface area (Å²) in [5, 5.41) is 0. The minimum Gasteiger partial charge on any atom is -0.377 e. The third kappa shape index (κ3) is 3.13. The molecule has 0 bridgehead atoms. The molecule has 1 heterocycles. The molecule has 1 aromatic rings. The van der Waals surface area contributed by atoms with Crippen LogP contribution >= 0.6 is 0 Å². The highest BCUT2D eigenvalue weighted by Gasteiger charge is 2.32. The van der Waals surface area contributed by atoms with Crippen molar-refractivity contribution in [3.8, 4) is 0 Å². The van der Waals surface area contributed by atoms with Gasteiger partial charge in [-0.3, -0.25) is 0 Å². The molecular weight excluding hydrogens is 255 g/mol. The summed E-state index contributed by atoms with van der Waals surface area (Å²) in [6, 6.07) is 5.29. The van der Waals surface area contributed by atoms with Gasteiger partial charge < -0.3 is 15.4 Å². The van der Waals surface area contributed by atoms with Gasteiger partial charge in [0.1, 0.15) is 5.82 Å². The number of benzene rings is 1. The maximum absolute atomic E-state index is 14.2. The molecular formula is C16H25FN2O. The SMILES string of the molecule is CCC(N)Cc1c(F)cccc1N1CCOCC1(C)C. The van der Waals surface area contributed by atoms with Crippen LogP contribution in [0, 0.1) is 5.82 Å². The Labute approximate surface area is 120 Å². The van der Waals surface area contributed by atoms with Crippen LogP contribution in [0.4, 0.5) is 10.1 Å². The summed E-state index contributed by atoms with van der Waals surface area (Å²) in [4.78, 5) is 2.25. The van der Waals surface area contributed by atoms with Gasteiger partial charge in [0.15, 0.2) is 0 Å². The van der Waals surface area contributed by atoms with Crippen molar-refractivity contribution in [1.29, 1.82) is 0 Å². The van der Waals surface area contributed by atoms with E-state index >= 15 is 0 Å². The predicted molar refractivity (Wildman–Crippen MR) is 80.6 cm³/mol. The number of rotatable bonds is 4. The van der Waals surface area contributed by atoms with Gasteiger partial charge in [0, 0.05) is 23.8 Å². The van der Waals surface area contributed by atoms with E-state index in [9.17, 15) is 4.39 Å². The van der Waals surface area contributed by atoms with Crippen molar-refractivity contribution in [3.63, 3.8) is 0 Å². The number of nitrogens with two attached hydrogens (primary N) is 1. The van der Waals surface area contributed by atoms with E-state index < -0.39 is 0 Å².